The number of hydrogen-bond acceptors (Lipinski definition) is 3. The zero-order valence-electron chi connectivity index (χ0n) is 5.62. The van der Waals surface area contributed by atoms with Crippen molar-refractivity contribution in [2.75, 3.05) is 5.75 Å². The van der Waals surface area contributed by atoms with Crippen LogP contribution < -0.4 is 0 Å². The normalized spacial score (nSPS) is 10.2. The lowest BCUT2D eigenvalue weighted by molar-refractivity contribution is 0.629. The van der Waals surface area contributed by atoms with E-state index in [1.807, 2.05) is 6.92 Å². The van der Waals surface area contributed by atoms with E-state index >= 15 is 0 Å². The van der Waals surface area contributed by atoms with E-state index in [1.54, 1.807) is 10.9 Å². The van der Waals surface area contributed by atoms with Gasteiger partial charge in [0.2, 0.25) is 0 Å². The molecule has 0 aliphatic carbocycles. The van der Waals surface area contributed by atoms with Crippen LogP contribution in [0.3, 0.4) is 0 Å². The van der Waals surface area contributed by atoms with Gasteiger partial charge in [-0.05, 0) is 6.92 Å². The number of hydrogen-bond donors (Lipinski definition) is 0. The Morgan fingerprint density at radius 3 is 3.10 bits per heavy atom. The molecule has 3 nitrogen and oxygen atoms in total. The molecule has 5 heteroatoms. The molecule has 0 aromatic carbocycles. The quantitative estimate of drug-likeness (QED) is 0.667. The van der Waals surface area contributed by atoms with Crippen molar-refractivity contribution in [1.82, 2.24) is 15.0 Å². The molecule has 0 atom stereocenters. The van der Waals surface area contributed by atoms with Gasteiger partial charge in [-0.1, -0.05) is 5.21 Å². The summed E-state index contributed by atoms with van der Waals surface area (Å²) >= 11 is 0.317. The summed E-state index contributed by atoms with van der Waals surface area (Å²) in [5.74, 6) is 0.433. The Morgan fingerprint density at radius 1 is 1.80 bits per heavy atom. The fraction of sp³-hybridized carbons (Fsp3) is 0.600. The summed E-state index contributed by atoms with van der Waals surface area (Å²) in [6.07, 6.45) is 1.79. The number of aromatic nitrogens is 3. The van der Waals surface area contributed by atoms with Crippen molar-refractivity contribution in [3.63, 3.8) is 0 Å². The van der Waals surface area contributed by atoms with Gasteiger partial charge in [0.05, 0.1) is 12.2 Å². The molecule has 0 aliphatic heterocycles. The fourth-order valence-corrected chi connectivity index (χ4v) is 0.889. The molecule has 1 aromatic rings. The molecule has 0 aliphatic rings. The van der Waals surface area contributed by atoms with Gasteiger partial charge in [0.1, 0.15) is 0 Å². The van der Waals surface area contributed by atoms with Gasteiger partial charge in [0.25, 0.3) is 0 Å². The van der Waals surface area contributed by atoms with Gasteiger partial charge >= 0.3 is 0 Å². The Morgan fingerprint density at radius 2 is 2.60 bits per heavy atom. The molecule has 1 aromatic heterocycles. The summed E-state index contributed by atoms with van der Waals surface area (Å²) < 4.78 is 13.2. The van der Waals surface area contributed by atoms with E-state index in [0.29, 0.717) is 24.4 Å². The largest absolute Gasteiger partial charge is 0.251 e. The van der Waals surface area contributed by atoms with Crippen LogP contribution in [0.25, 0.3) is 0 Å². The van der Waals surface area contributed by atoms with Gasteiger partial charge in [-0.25, -0.2) is 0 Å². The first-order valence-corrected chi connectivity index (χ1v) is 3.82. The van der Waals surface area contributed by atoms with Crippen molar-refractivity contribution in [2.24, 2.45) is 0 Å². The van der Waals surface area contributed by atoms with Crippen LogP contribution >= 0.6 is 12.1 Å². The van der Waals surface area contributed by atoms with Crippen LogP contribution in [-0.4, -0.2) is 20.7 Å². The first-order valence-electron chi connectivity index (χ1n) is 2.93. The van der Waals surface area contributed by atoms with Crippen LogP contribution in [0.15, 0.2) is 6.20 Å². The molecule has 0 saturated heterocycles. The molecule has 0 spiro atoms. The fourth-order valence-electron chi connectivity index (χ4n) is 0.633. The Bertz CT molecular complexity index is 201. The second kappa shape index (κ2) is 3.55. The van der Waals surface area contributed by atoms with Gasteiger partial charge in [0.15, 0.2) is 0 Å². The maximum Gasteiger partial charge on any atom is 0.0796 e. The van der Waals surface area contributed by atoms with Gasteiger partial charge in [-0.3, -0.25) is 4.68 Å². The van der Waals surface area contributed by atoms with Crippen LogP contribution in [0, 0.1) is 6.92 Å². The molecule has 56 valence electrons. The van der Waals surface area contributed by atoms with Crippen LogP contribution in [0.4, 0.5) is 3.89 Å². The van der Waals surface area contributed by atoms with Gasteiger partial charge in [0, 0.05) is 24.1 Å². The van der Waals surface area contributed by atoms with Gasteiger partial charge < -0.3 is 0 Å². The average Bonchev–Trinajstić information content (AvgIpc) is 2.31. The summed E-state index contributed by atoms with van der Waals surface area (Å²) in [6.45, 7) is 2.44. The zero-order chi connectivity index (χ0) is 7.40. The Kier molecular flexibility index (Phi) is 2.68. The maximum absolute atomic E-state index is 11.5. The Hall–Kier alpha value is -0.580. The van der Waals surface area contributed by atoms with Crippen LogP contribution in [0.5, 0.6) is 0 Å². The lowest BCUT2D eigenvalue weighted by Gasteiger charge is -1.92. The molecule has 1 heterocycles. The number of aryl methyl sites for hydroxylation is 2. The van der Waals surface area contributed by atoms with Crippen molar-refractivity contribution >= 4 is 12.1 Å². The highest BCUT2D eigenvalue weighted by Crippen LogP contribution is 2.00. The summed E-state index contributed by atoms with van der Waals surface area (Å²) in [4.78, 5) is 0. The van der Waals surface area contributed by atoms with Crippen LogP contribution in [-0.2, 0) is 6.54 Å². The van der Waals surface area contributed by atoms with E-state index in [4.69, 9.17) is 0 Å². The molecule has 0 radical (unpaired) electrons. The number of nitrogens with zero attached hydrogens (tertiary/aromatic N) is 3. The summed E-state index contributed by atoms with van der Waals surface area (Å²) in [5, 5.41) is 7.49. The van der Waals surface area contributed by atoms with E-state index < -0.39 is 0 Å². The van der Waals surface area contributed by atoms with Crippen molar-refractivity contribution < 1.29 is 3.89 Å². The second-order valence-electron chi connectivity index (χ2n) is 1.94. The molecule has 0 fully saturated rings. The molecular formula is C5H8FN3S. The highest BCUT2D eigenvalue weighted by atomic mass is 32.2. The lowest BCUT2D eigenvalue weighted by Crippen LogP contribution is -1.99. The first kappa shape index (κ1) is 7.53. The van der Waals surface area contributed by atoms with E-state index in [0.717, 1.165) is 5.69 Å². The van der Waals surface area contributed by atoms with Crippen molar-refractivity contribution in [2.45, 2.75) is 13.5 Å². The number of halogens is 1. The molecular weight excluding hydrogens is 153 g/mol. The SMILES string of the molecule is Cc1cn(CCSF)nn1. The summed E-state index contributed by atoms with van der Waals surface area (Å²) in [7, 11) is 0. The zero-order valence-corrected chi connectivity index (χ0v) is 6.44. The van der Waals surface area contributed by atoms with E-state index in [1.165, 1.54) is 0 Å². The van der Waals surface area contributed by atoms with E-state index in [9.17, 15) is 3.89 Å². The molecule has 0 unspecified atom stereocenters. The third-order valence-corrected chi connectivity index (χ3v) is 1.39. The Labute approximate surface area is 62.9 Å². The summed E-state index contributed by atoms with van der Waals surface area (Å²) in [5.41, 5.74) is 0.865. The highest BCUT2D eigenvalue weighted by molar-refractivity contribution is 7.94. The van der Waals surface area contributed by atoms with Gasteiger partial charge in [-0.15, -0.1) is 5.10 Å². The maximum atomic E-state index is 11.5. The lowest BCUT2D eigenvalue weighted by atomic mass is 10.6. The third-order valence-electron chi connectivity index (χ3n) is 1.05. The predicted molar refractivity (Wildman–Crippen MR) is 38.3 cm³/mol. The summed E-state index contributed by atoms with van der Waals surface area (Å²) in [6, 6.07) is 0. The molecule has 0 amide bonds. The third kappa shape index (κ3) is 1.98. The number of rotatable bonds is 3. The van der Waals surface area contributed by atoms with E-state index in [2.05, 4.69) is 10.3 Å². The predicted octanol–water partition coefficient (Wildman–Crippen LogP) is 1.20. The first-order chi connectivity index (χ1) is 4.83. The van der Waals surface area contributed by atoms with Crippen molar-refractivity contribution in [3.8, 4) is 0 Å². The highest BCUT2D eigenvalue weighted by Gasteiger charge is 1.93. The second-order valence-corrected chi connectivity index (χ2v) is 2.56. The van der Waals surface area contributed by atoms with Crippen LogP contribution in [0.2, 0.25) is 0 Å². The molecule has 1 rings (SSSR count). The minimum absolute atomic E-state index is 0.317. The standard InChI is InChI=1S/C5H8FN3S/c1-5-4-9(8-7-5)2-3-10-6/h4H,2-3H2,1H3. The topological polar surface area (TPSA) is 30.7 Å². The smallest absolute Gasteiger partial charge is 0.0796 e. The monoisotopic (exact) mass is 161 g/mol. The van der Waals surface area contributed by atoms with Crippen molar-refractivity contribution in [1.29, 1.82) is 0 Å². The van der Waals surface area contributed by atoms with E-state index in [-0.39, 0.29) is 0 Å². The molecule has 0 N–H and O–H groups in total. The van der Waals surface area contributed by atoms with Gasteiger partial charge in [-0.2, -0.15) is 3.89 Å². The van der Waals surface area contributed by atoms with Crippen molar-refractivity contribution in [3.05, 3.63) is 11.9 Å². The Balaban J connectivity index is 2.42. The molecule has 0 saturated carbocycles. The minimum atomic E-state index is 0.317. The molecule has 0 bridgehead atoms. The average molecular weight is 161 g/mol. The molecule has 10 heavy (non-hydrogen) atoms. The van der Waals surface area contributed by atoms with Crippen LogP contribution in [0.1, 0.15) is 5.69 Å². The minimum Gasteiger partial charge on any atom is -0.251 e.